The largest absolute Gasteiger partial charge is 0.351 e. The van der Waals surface area contributed by atoms with Gasteiger partial charge in [0.1, 0.15) is 17.5 Å². The molecule has 9 heteroatoms. The minimum Gasteiger partial charge on any atom is -0.351 e. The van der Waals surface area contributed by atoms with Crippen LogP contribution in [-0.2, 0) is 4.79 Å². The molecule has 0 aliphatic carbocycles. The number of nitrogens with one attached hydrogen (secondary N) is 3. The molecule has 0 fully saturated rings. The normalized spacial score (nSPS) is 10.3. The van der Waals surface area contributed by atoms with Crippen molar-refractivity contribution in [2.75, 3.05) is 17.2 Å². The van der Waals surface area contributed by atoms with Gasteiger partial charge in [-0.05, 0) is 48.5 Å². The van der Waals surface area contributed by atoms with E-state index >= 15 is 0 Å². The molecule has 164 valence electrons. The first kappa shape index (κ1) is 22.5. The number of carbonyl (C=O) groups is 3. The Morgan fingerprint density at radius 2 is 1.41 bits per heavy atom. The fraction of sp³-hybridized carbons (Fsp3) is 0.0870. The molecule has 0 spiro atoms. The van der Waals surface area contributed by atoms with Crippen molar-refractivity contribution < 1.29 is 27.6 Å². The van der Waals surface area contributed by atoms with Gasteiger partial charge in [0.05, 0.1) is 5.56 Å². The van der Waals surface area contributed by atoms with Gasteiger partial charge in [0.25, 0.3) is 11.8 Å². The lowest BCUT2D eigenvalue weighted by atomic mass is 10.1. The minimum absolute atomic E-state index is 0.0821. The van der Waals surface area contributed by atoms with E-state index in [1.54, 1.807) is 18.2 Å². The summed E-state index contributed by atoms with van der Waals surface area (Å²) in [6.07, 6.45) is -0.117. The molecule has 32 heavy (non-hydrogen) atoms. The fourth-order valence-corrected chi connectivity index (χ4v) is 2.79. The van der Waals surface area contributed by atoms with Crippen LogP contribution < -0.4 is 16.0 Å². The second kappa shape index (κ2) is 10.3. The fourth-order valence-electron chi connectivity index (χ4n) is 2.79. The van der Waals surface area contributed by atoms with Gasteiger partial charge < -0.3 is 16.0 Å². The van der Waals surface area contributed by atoms with Crippen molar-refractivity contribution in [1.29, 1.82) is 0 Å². The topological polar surface area (TPSA) is 87.3 Å². The number of rotatable bonds is 7. The highest BCUT2D eigenvalue weighted by atomic mass is 19.1. The molecule has 0 radical (unpaired) electrons. The average Bonchev–Trinajstić information content (AvgIpc) is 2.73. The van der Waals surface area contributed by atoms with Crippen LogP contribution in [0.25, 0.3) is 0 Å². The Morgan fingerprint density at radius 3 is 2.12 bits per heavy atom. The van der Waals surface area contributed by atoms with E-state index in [4.69, 9.17) is 0 Å². The SMILES string of the molecule is O=C(CCNC(=O)c1ccc(F)cc1F)Nc1cccc(C(=O)Nc2cccc(F)c2)c1. The van der Waals surface area contributed by atoms with Crippen molar-refractivity contribution in [2.45, 2.75) is 6.42 Å². The summed E-state index contributed by atoms with van der Waals surface area (Å²) in [4.78, 5) is 36.4. The highest BCUT2D eigenvalue weighted by Gasteiger charge is 2.13. The minimum atomic E-state index is -1.000. The van der Waals surface area contributed by atoms with Gasteiger partial charge in [-0.15, -0.1) is 0 Å². The molecular weight excluding hydrogens is 423 g/mol. The third kappa shape index (κ3) is 6.18. The summed E-state index contributed by atoms with van der Waals surface area (Å²) in [5.74, 6) is -4.00. The van der Waals surface area contributed by atoms with Crippen molar-refractivity contribution in [2.24, 2.45) is 0 Å². The van der Waals surface area contributed by atoms with E-state index in [-0.39, 0.29) is 29.8 Å². The van der Waals surface area contributed by atoms with E-state index in [0.29, 0.717) is 11.8 Å². The van der Waals surface area contributed by atoms with E-state index in [2.05, 4.69) is 16.0 Å². The Hall–Kier alpha value is -4.14. The molecule has 0 saturated carbocycles. The first-order valence-electron chi connectivity index (χ1n) is 9.52. The van der Waals surface area contributed by atoms with E-state index < -0.39 is 35.2 Å². The molecule has 3 rings (SSSR count). The molecule has 0 aliphatic heterocycles. The van der Waals surface area contributed by atoms with Crippen LogP contribution in [0.3, 0.4) is 0 Å². The summed E-state index contributed by atoms with van der Waals surface area (Å²) >= 11 is 0. The van der Waals surface area contributed by atoms with Gasteiger partial charge in [-0.3, -0.25) is 14.4 Å². The summed E-state index contributed by atoms with van der Waals surface area (Å²) in [6.45, 7) is -0.0821. The molecule has 3 aromatic rings. The predicted molar refractivity (Wildman–Crippen MR) is 113 cm³/mol. The zero-order valence-corrected chi connectivity index (χ0v) is 16.6. The molecule has 0 atom stereocenters. The lowest BCUT2D eigenvalue weighted by molar-refractivity contribution is -0.116. The predicted octanol–water partition coefficient (Wildman–Crippen LogP) is 4.11. The Labute approximate surface area is 181 Å². The van der Waals surface area contributed by atoms with Gasteiger partial charge in [-0.2, -0.15) is 0 Å². The van der Waals surface area contributed by atoms with Gasteiger partial charge in [0.15, 0.2) is 0 Å². The molecule has 3 N–H and O–H groups in total. The lowest BCUT2D eigenvalue weighted by Gasteiger charge is -2.09. The summed E-state index contributed by atoms with van der Waals surface area (Å²) in [6, 6.07) is 14.1. The molecule has 0 bridgehead atoms. The van der Waals surface area contributed by atoms with Crippen molar-refractivity contribution >= 4 is 29.1 Å². The molecule has 0 aliphatic rings. The Bertz CT molecular complexity index is 1170. The molecule has 3 amide bonds. The molecule has 0 unspecified atom stereocenters. The number of halogens is 3. The molecule has 0 saturated heterocycles. The smallest absolute Gasteiger partial charge is 0.255 e. The second-order valence-electron chi connectivity index (χ2n) is 6.72. The lowest BCUT2D eigenvalue weighted by Crippen LogP contribution is -2.28. The monoisotopic (exact) mass is 441 g/mol. The van der Waals surface area contributed by atoms with Crippen LogP contribution in [0.4, 0.5) is 24.5 Å². The maximum atomic E-state index is 13.6. The van der Waals surface area contributed by atoms with Gasteiger partial charge in [0.2, 0.25) is 5.91 Å². The Morgan fingerprint density at radius 1 is 0.719 bits per heavy atom. The summed E-state index contributed by atoms with van der Waals surface area (Å²) in [5, 5.41) is 7.53. The number of hydrogen-bond acceptors (Lipinski definition) is 3. The number of amides is 3. The summed E-state index contributed by atoms with van der Waals surface area (Å²) in [7, 11) is 0. The summed E-state index contributed by atoms with van der Waals surface area (Å²) < 4.78 is 39.8. The third-order valence-electron chi connectivity index (χ3n) is 4.30. The van der Waals surface area contributed by atoms with Crippen LogP contribution in [0, 0.1) is 17.5 Å². The Balaban J connectivity index is 1.52. The molecule has 6 nitrogen and oxygen atoms in total. The van der Waals surface area contributed by atoms with Crippen LogP contribution in [0.5, 0.6) is 0 Å². The number of carbonyl (C=O) groups excluding carboxylic acids is 3. The van der Waals surface area contributed by atoms with Crippen LogP contribution >= 0.6 is 0 Å². The third-order valence-corrected chi connectivity index (χ3v) is 4.30. The Kier molecular flexibility index (Phi) is 7.22. The second-order valence-corrected chi connectivity index (χ2v) is 6.72. The van der Waals surface area contributed by atoms with E-state index in [9.17, 15) is 27.6 Å². The quantitative estimate of drug-likeness (QED) is 0.516. The van der Waals surface area contributed by atoms with Crippen molar-refractivity contribution in [1.82, 2.24) is 5.32 Å². The van der Waals surface area contributed by atoms with Crippen LogP contribution in [0.15, 0.2) is 66.7 Å². The van der Waals surface area contributed by atoms with Crippen LogP contribution in [-0.4, -0.2) is 24.3 Å². The molecule has 3 aromatic carbocycles. The van der Waals surface area contributed by atoms with Crippen molar-refractivity contribution in [3.8, 4) is 0 Å². The average molecular weight is 441 g/mol. The van der Waals surface area contributed by atoms with Gasteiger partial charge in [-0.1, -0.05) is 12.1 Å². The maximum Gasteiger partial charge on any atom is 0.255 e. The van der Waals surface area contributed by atoms with Crippen LogP contribution in [0.2, 0.25) is 0 Å². The molecular formula is C23H18F3N3O3. The highest BCUT2D eigenvalue weighted by molar-refractivity contribution is 6.05. The van der Waals surface area contributed by atoms with Gasteiger partial charge in [-0.25, -0.2) is 13.2 Å². The highest BCUT2D eigenvalue weighted by Crippen LogP contribution is 2.15. The number of benzene rings is 3. The van der Waals surface area contributed by atoms with Gasteiger partial charge in [0, 0.05) is 36.0 Å². The van der Waals surface area contributed by atoms with Crippen molar-refractivity contribution in [3.05, 3.63) is 95.3 Å². The first-order chi connectivity index (χ1) is 15.3. The van der Waals surface area contributed by atoms with E-state index in [1.165, 1.54) is 30.3 Å². The van der Waals surface area contributed by atoms with E-state index in [0.717, 1.165) is 12.1 Å². The standard InChI is InChI=1S/C23H18F3N3O3/c24-15-4-2-6-18(12-15)29-22(31)14-3-1-5-17(11-14)28-21(30)9-10-27-23(32)19-8-7-16(25)13-20(19)26/h1-8,11-13H,9-10H2,(H,27,32)(H,28,30)(H,29,31). The van der Waals surface area contributed by atoms with Crippen LogP contribution in [0.1, 0.15) is 27.1 Å². The van der Waals surface area contributed by atoms with Crippen molar-refractivity contribution in [3.63, 3.8) is 0 Å². The van der Waals surface area contributed by atoms with Gasteiger partial charge >= 0.3 is 0 Å². The zero-order valence-electron chi connectivity index (χ0n) is 16.6. The van der Waals surface area contributed by atoms with E-state index in [1.807, 2.05) is 0 Å². The number of anilines is 2. The molecule has 0 heterocycles. The zero-order chi connectivity index (χ0) is 23.1. The summed E-state index contributed by atoms with van der Waals surface area (Å²) in [5.41, 5.74) is 0.548. The maximum absolute atomic E-state index is 13.6. The number of hydrogen-bond donors (Lipinski definition) is 3. The molecule has 0 aromatic heterocycles. The first-order valence-corrected chi connectivity index (χ1v) is 9.52.